The molecule has 2 aromatic rings. The molecule has 2 N–H and O–H groups in total. The van der Waals surface area contributed by atoms with Crippen LogP contribution in [0.1, 0.15) is 49.0 Å². The molecule has 2 rings (SSSR count). The van der Waals surface area contributed by atoms with Gasteiger partial charge in [-0.3, -0.25) is 0 Å². The van der Waals surface area contributed by atoms with E-state index in [4.69, 9.17) is 10.3 Å². The van der Waals surface area contributed by atoms with Gasteiger partial charge in [-0.2, -0.15) is 4.98 Å². The number of benzene rings is 1. The first-order valence-corrected chi connectivity index (χ1v) is 6.74. The van der Waals surface area contributed by atoms with E-state index in [1.165, 1.54) is 11.1 Å². The van der Waals surface area contributed by atoms with Crippen LogP contribution >= 0.6 is 0 Å². The third kappa shape index (κ3) is 3.20. The number of aryl methyl sites for hydroxylation is 1. The van der Waals surface area contributed by atoms with E-state index in [2.05, 4.69) is 36.1 Å². The van der Waals surface area contributed by atoms with Gasteiger partial charge < -0.3 is 10.3 Å². The quantitative estimate of drug-likeness (QED) is 0.896. The summed E-state index contributed by atoms with van der Waals surface area (Å²) < 4.78 is 5.32. The molecule has 0 saturated heterocycles. The highest BCUT2D eigenvalue weighted by atomic mass is 16.5. The molecule has 1 heterocycles. The number of aromatic nitrogens is 2. The third-order valence-corrected chi connectivity index (χ3v) is 3.60. The van der Waals surface area contributed by atoms with E-state index in [-0.39, 0.29) is 12.0 Å². The highest BCUT2D eigenvalue weighted by molar-refractivity contribution is 5.28. The minimum absolute atomic E-state index is 0.0618. The second kappa shape index (κ2) is 5.97. The van der Waals surface area contributed by atoms with Gasteiger partial charge in [0.05, 0.1) is 5.92 Å². The minimum atomic E-state index is 0.0618. The van der Waals surface area contributed by atoms with Crippen molar-refractivity contribution in [3.05, 3.63) is 47.1 Å². The predicted octanol–water partition coefficient (Wildman–Crippen LogP) is 2.81. The lowest BCUT2D eigenvalue weighted by Gasteiger charge is -2.13. The Morgan fingerprint density at radius 2 is 2.05 bits per heavy atom. The second-order valence-corrected chi connectivity index (χ2v) is 5.01. The maximum absolute atomic E-state index is 6.01. The van der Waals surface area contributed by atoms with Crippen molar-refractivity contribution in [2.45, 2.75) is 45.6 Å². The van der Waals surface area contributed by atoms with Gasteiger partial charge in [0.25, 0.3) is 0 Å². The van der Waals surface area contributed by atoms with Crippen LogP contribution in [-0.4, -0.2) is 16.2 Å². The smallest absolute Gasteiger partial charge is 0.231 e. The summed E-state index contributed by atoms with van der Waals surface area (Å²) in [6.45, 7) is 6.18. The Morgan fingerprint density at radius 1 is 1.32 bits per heavy atom. The zero-order valence-corrected chi connectivity index (χ0v) is 11.8. The van der Waals surface area contributed by atoms with Crippen LogP contribution in [0.5, 0.6) is 0 Å². The lowest BCUT2D eigenvalue weighted by Crippen LogP contribution is -2.25. The van der Waals surface area contributed by atoms with Crippen molar-refractivity contribution in [2.24, 2.45) is 5.73 Å². The molecule has 1 aromatic carbocycles. The number of rotatable bonds is 5. The van der Waals surface area contributed by atoms with E-state index in [1.54, 1.807) is 0 Å². The van der Waals surface area contributed by atoms with E-state index in [0.29, 0.717) is 12.3 Å². The number of nitrogens with zero attached hydrogens (tertiary/aromatic N) is 2. The van der Waals surface area contributed by atoms with Gasteiger partial charge in [-0.25, -0.2) is 0 Å². The number of nitrogens with two attached hydrogens (primary N) is 1. The lowest BCUT2D eigenvalue weighted by molar-refractivity contribution is 0.337. The molecule has 4 heteroatoms. The van der Waals surface area contributed by atoms with Crippen molar-refractivity contribution in [1.29, 1.82) is 0 Å². The summed E-state index contributed by atoms with van der Waals surface area (Å²) in [7, 11) is 0. The Bertz CT molecular complexity index is 536. The van der Waals surface area contributed by atoms with Crippen molar-refractivity contribution in [3.63, 3.8) is 0 Å². The van der Waals surface area contributed by atoms with E-state index < -0.39 is 0 Å². The molecule has 1 aromatic heterocycles. The van der Waals surface area contributed by atoms with E-state index in [0.717, 1.165) is 12.2 Å². The predicted molar refractivity (Wildman–Crippen MR) is 75.0 cm³/mol. The summed E-state index contributed by atoms with van der Waals surface area (Å²) in [5.41, 5.74) is 8.47. The van der Waals surface area contributed by atoms with Crippen molar-refractivity contribution < 1.29 is 4.52 Å². The van der Waals surface area contributed by atoms with E-state index >= 15 is 0 Å². The minimum Gasteiger partial charge on any atom is -0.339 e. The van der Waals surface area contributed by atoms with Gasteiger partial charge in [-0.1, -0.05) is 43.3 Å². The fourth-order valence-electron chi connectivity index (χ4n) is 2.04. The Kier molecular flexibility index (Phi) is 4.32. The van der Waals surface area contributed by atoms with Crippen LogP contribution < -0.4 is 5.73 Å². The van der Waals surface area contributed by atoms with Crippen molar-refractivity contribution in [1.82, 2.24) is 10.1 Å². The first-order valence-electron chi connectivity index (χ1n) is 6.74. The number of hydrogen-bond donors (Lipinski definition) is 1. The van der Waals surface area contributed by atoms with E-state index in [9.17, 15) is 0 Å². The average Bonchev–Trinajstić information content (AvgIpc) is 2.88. The molecular formula is C15H21N3O. The fraction of sp³-hybridized carbons (Fsp3) is 0.467. The van der Waals surface area contributed by atoms with Crippen LogP contribution in [0.4, 0.5) is 0 Å². The van der Waals surface area contributed by atoms with Crippen molar-refractivity contribution in [3.8, 4) is 0 Å². The topological polar surface area (TPSA) is 64.9 Å². The Morgan fingerprint density at radius 3 is 2.74 bits per heavy atom. The summed E-state index contributed by atoms with van der Waals surface area (Å²) >= 11 is 0. The third-order valence-electron chi connectivity index (χ3n) is 3.60. The monoisotopic (exact) mass is 259 g/mol. The molecule has 2 unspecified atom stereocenters. The molecule has 0 aliphatic carbocycles. The molecular weight excluding hydrogens is 238 g/mol. The summed E-state index contributed by atoms with van der Waals surface area (Å²) in [5, 5.41) is 4.05. The molecule has 4 nitrogen and oxygen atoms in total. The summed E-state index contributed by atoms with van der Waals surface area (Å²) in [6.07, 6.45) is 1.60. The first-order chi connectivity index (χ1) is 9.11. The molecule has 0 amide bonds. The molecule has 0 aliphatic heterocycles. The molecule has 0 bridgehead atoms. The van der Waals surface area contributed by atoms with Crippen LogP contribution in [0.25, 0.3) is 0 Å². The molecule has 0 radical (unpaired) electrons. The molecule has 0 saturated carbocycles. The lowest BCUT2D eigenvalue weighted by atomic mass is 10.0. The Hall–Kier alpha value is -1.68. The molecule has 0 aliphatic rings. The van der Waals surface area contributed by atoms with Gasteiger partial charge in [-0.15, -0.1) is 0 Å². The van der Waals surface area contributed by atoms with Crippen LogP contribution in [0.3, 0.4) is 0 Å². The highest BCUT2D eigenvalue weighted by Gasteiger charge is 2.19. The van der Waals surface area contributed by atoms with E-state index in [1.807, 2.05) is 19.1 Å². The van der Waals surface area contributed by atoms with Crippen molar-refractivity contribution >= 4 is 0 Å². The van der Waals surface area contributed by atoms with Gasteiger partial charge >= 0.3 is 0 Å². The molecule has 0 spiro atoms. The molecule has 0 fully saturated rings. The van der Waals surface area contributed by atoms with Crippen LogP contribution in [0.2, 0.25) is 0 Å². The first kappa shape index (κ1) is 13.7. The molecule has 19 heavy (non-hydrogen) atoms. The Balaban J connectivity index is 2.12. The maximum Gasteiger partial charge on any atom is 0.231 e. The summed E-state index contributed by atoms with van der Waals surface area (Å²) in [6, 6.07) is 8.30. The fourth-order valence-corrected chi connectivity index (χ4v) is 2.04. The average molecular weight is 259 g/mol. The van der Waals surface area contributed by atoms with Gasteiger partial charge in [0.2, 0.25) is 5.89 Å². The van der Waals surface area contributed by atoms with Gasteiger partial charge in [0.1, 0.15) is 0 Å². The largest absolute Gasteiger partial charge is 0.339 e. The molecule has 2 atom stereocenters. The second-order valence-electron chi connectivity index (χ2n) is 5.01. The van der Waals surface area contributed by atoms with Crippen LogP contribution in [0, 0.1) is 6.92 Å². The van der Waals surface area contributed by atoms with Crippen molar-refractivity contribution in [2.75, 3.05) is 0 Å². The summed E-state index contributed by atoms with van der Waals surface area (Å²) in [4.78, 5) is 4.46. The standard InChI is InChI=1S/C15H21N3O/c1-4-13(16)11(3)15-17-14(18-19-15)9-12-8-6-5-7-10(12)2/h5-8,11,13H,4,9,16H2,1-3H3. The Labute approximate surface area is 114 Å². The SMILES string of the molecule is CCC(N)C(C)c1nc(Cc2ccccc2C)no1. The summed E-state index contributed by atoms with van der Waals surface area (Å²) in [5.74, 6) is 1.46. The van der Waals surface area contributed by atoms with Gasteiger partial charge in [-0.05, 0) is 24.5 Å². The zero-order valence-electron chi connectivity index (χ0n) is 11.8. The number of hydrogen-bond acceptors (Lipinski definition) is 4. The van der Waals surface area contributed by atoms with Gasteiger partial charge in [0.15, 0.2) is 5.82 Å². The molecule has 102 valence electrons. The highest BCUT2D eigenvalue weighted by Crippen LogP contribution is 2.19. The zero-order chi connectivity index (χ0) is 13.8. The van der Waals surface area contributed by atoms with Gasteiger partial charge in [0, 0.05) is 12.5 Å². The normalized spacial score (nSPS) is 14.3. The van der Waals surface area contributed by atoms with Crippen LogP contribution in [-0.2, 0) is 6.42 Å². The van der Waals surface area contributed by atoms with Crippen LogP contribution in [0.15, 0.2) is 28.8 Å². The maximum atomic E-state index is 6.01.